The predicted octanol–water partition coefficient (Wildman–Crippen LogP) is 7.12. The number of ether oxygens (including phenoxy) is 2. The van der Waals surface area contributed by atoms with Crippen LogP contribution in [0.1, 0.15) is 4.88 Å². The normalized spacial score (nSPS) is 15.4. The van der Waals surface area contributed by atoms with E-state index in [1.807, 2.05) is 12.1 Å². The zero-order valence-electron chi connectivity index (χ0n) is 16.7. The number of morpholine rings is 1. The second-order valence-corrected chi connectivity index (χ2v) is 10.4. The van der Waals surface area contributed by atoms with Crippen LogP contribution in [0.15, 0.2) is 52.3 Å². The van der Waals surface area contributed by atoms with Crippen LogP contribution >= 0.6 is 58.7 Å². The summed E-state index contributed by atoms with van der Waals surface area (Å²) in [5.41, 5.74) is 3.63. The average molecular weight is 515 g/mol. The van der Waals surface area contributed by atoms with Crippen molar-refractivity contribution in [2.45, 2.75) is 16.4 Å². The molecule has 1 fully saturated rings. The average Bonchev–Trinajstić information content (AvgIpc) is 3.14. The molecule has 0 unspecified atom stereocenters. The van der Waals surface area contributed by atoms with Gasteiger partial charge in [-0.05, 0) is 29.8 Å². The number of thiophene rings is 1. The highest BCUT2D eigenvalue weighted by Crippen LogP contribution is 2.52. The number of rotatable bonds is 5. The SMILES string of the molecule is Cl.Clc1cc2c(cc1Cl)-c1sc(COCCN3CCOCC3)cc1-c1ccccc1S2. The molecule has 5 rings (SSSR count). The van der Waals surface area contributed by atoms with Crippen molar-refractivity contribution < 1.29 is 9.47 Å². The Morgan fingerprint density at radius 3 is 2.55 bits per heavy atom. The monoisotopic (exact) mass is 513 g/mol. The maximum atomic E-state index is 6.38. The Morgan fingerprint density at radius 1 is 0.935 bits per heavy atom. The summed E-state index contributed by atoms with van der Waals surface area (Å²) in [7, 11) is 0. The van der Waals surface area contributed by atoms with E-state index >= 15 is 0 Å². The molecule has 1 saturated heterocycles. The van der Waals surface area contributed by atoms with Gasteiger partial charge in [-0.3, -0.25) is 4.90 Å². The van der Waals surface area contributed by atoms with Crippen LogP contribution < -0.4 is 0 Å². The van der Waals surface area contributed by atoms with Crippen LogP contribution in [0.2, 0.25) is 10.0 Å². The Bertz CT molecular complexity index is 1070. The molecule has 3 heterocycles. The van der Waals surface area contributed by atoms with E-state index in [2.05, 4.69) is 35.2 Å². The highest BCUT2D eigenvalue weighted by molar-refractivity contribution is 7.99. The first-order chi connectivity index (χ1) is 14.7. The lowest BCUT2D eigenvalue weighted by atomic mass is 10.0. The minimum absolute atomic E-state index is 0. The van der Waals surface area contributed by atoms with Crippen molar-refractivity contribution in [3.05, 3.63) is 57.4 Å². The molecule has 0 bridgehead atoms. The molecule has 3 aromatic rings. The number of halogens is 3. The van der Waals surface area contributed by atoms with Crippen molar-refractivity contribution in [1.82, 2.24) is 4.90 Å². The minimum Gasteiger partial charge on any atom is -0.379 e. The summed E-state index contributed by atoms with van der Waals surface area (Å²) in [4.78, 5) is 7.21. The summed E-state index contributed by atoms with van der Waals surface area (Å²) in [6, 6.07) is 14.8. The molecule has 0 radical (unpaired) electrons. The van der Waals surface area contributed by atoms with Crippen LogP contribution in [-0.4, -0.2) is 44.4 Å². The summed E-state index contributed by atoms with van der Waals surface area (Å²) in [5.74, 6) is 0. The molecule has 3 nitrogen and oxygen atoms in total. The second-order valence-electron chi connectivity index (χ2n) is 7.32. The molecule has 2 aliphatic heterocycles. The molecule has 0 atom stereocenters. The molecule has 0 saturated carbocycles. The second kappa shape index (κ2) is 10.4. The lowest BCUT2D eigenvalue weighted by Gasteiger charge is -2.26. The van der Waals surface area contributed by atoms with E-state index in [9.17, 15) is 0 Å². The largest absolute Gasteiger partial charge is 0.379 e. The van der Waals surface area contributed by atoms with Crippen LogP contribution in [0.5, 0.6) is 0 Å². The maximum Gasteiger partial charge on any atom is 0.0810 e. The first kappa shape index (κ1) is 23.4. The summed E-state index contributed by atoms with van der Waals surface area (Å²) >= 11 is 16.2. The quantitative estimate of drug-likeness (QED) is 0.264. The highest BCUT2D eigenvalue weighted by Gasteiger charge is 2.23. The van der Waals surface area contributed by atoms with Crippen LogP contribution in [0.4, 0.5) is 0 Å². The van der Waals surface area contributed by atoms with Crippen LogP contribution in [0.25, 0.3) is 21.6 Å². The van der Waals surface area contributed by atoms with Crippen molar-refractivity contribution in [1.29, 1.82) is 0 Å². The van der Waals surface area contributed by atoms with Crippen molar-refractivity contribution >= 4 is 58.7 Å². The van der Waals surface area contributed by atoms with Crippen molar-refractivity contribution in [2.24, 2.45) is 0 Å². The third-order valence-corrected chi connectivity index (χ3v) is 8.34. The molecular weight excluding hydrogens is 493 g/mol. The van der Waals surface area contributed by atoms with E-state index in [-0.39, 0.29) is 12.4 Å². The Hall–Kier alpha value is -0.760. The molecule has 2 aliphatic rings. The third kappa shape index (κ3) is 5.10. The fourth-order valence-corrected chi connectivity index (χ4v) is 6.51. The molecule has 1 aromatic heterocycles. The number of hydrogen-bond acceptors (Lipinski definition) is 5. The molecular formula is C23H22Cl3NO2S2. The van der Waals surface area contributed by atoms with E-state index in [1.165, 1.54) is 25.8 Å². The van der Waals surface area contributed by atoms with E-state index in [4.69, 9.17) is 32.7 Å². The van der Waals surface area contributed by atoms with Crippen molar-refractivity contribution in [3.63, 3.8) is 0 Å². The minimum atomic E-state index is 0. The van der Waals surface area contributed by atoms with Gasteiger partial charge < -0.3 is 9.47 Å². The zero-order chi connectivity index (χ0) is 20.5. The Labute approximate surface area is 207 Å². The van der Waals surface area contributed by atoms with Crippen LogP contribution in [0.3, 0.4) is 0 Å². The van der Waals surface area contributed by atoms with E-state index in [0.29, 0.717) is 16.7 Å². The molecule has 2 aromatic carbocycles. The van der Waals surface area contributed by atoms with Gasteiger partial charge in [-0.15, -0.1) is 23.7 Å². The summed E-state index contributed by atoms with van der Waals surface area (Å²) in [6.07, 6.45) is 0. The van der Waals surface area contributed by atoms with Gasteiger partial charge in [0.2, 0.25) is 0 Å². The predicted molar refractivity (Wildman–Crippen MR) is 133 cm³/mol. The summed E-state index contributed by atoms with van der Waals surface area (Å²) in [5, 5.41) is 1.18. The molecule has 8 heteroatoms. The van der Waals surface area contributed by atoms with E-state index in [1.54, 1.807) is 23.1 Å². The van der Waals surface area contributed by atoms with Gasteiger partial charge in [-0.1, -0.05) is 53.2 Å². The Balaban J connectivity index is 0.00000231. The Kier molecular flexibility index (Phi) is 7.89. The van der Waals surface area contributed by atoms with Gasteiger partial charge >= 0.3 is 0 Å². The summed E-state index contributed by atoms with van der Waals surface area (Å²) in [6.45, 7) is 5.92. The topological polar surface area (TPSA) is 21.7 Å². The first-order valence-electron chi connectivity index (χ1n) is 9.96. The number of benzene rings is 2. The van der Waals surface area contributed by atoms with Gasteiger partial charge in [0.1, 0.15) is 0 Å². The summed E-state index contributed by atoms with van der Waals surface area (Å²) < 4.78 is 11.4. The number of nitrogens with zero attached hydrogens (tertiary/aromatic N) is 1. The molecule has 0 N–H and O–H groups in total. The molecule has 0 spiro atoms. The van der Waals surface area contributed by atoms with Gasteiger partial charge in [0.15, 0.2) is 0 Å². The van der Waals surface area contributed by atoms with E-state index < -0.39 is 0 Å². The van der Waals surface area contributed by atoms with Gasteiger partial charge in [0.05, 0.1) is 36.5 Å². The van der Waals surface area contributed by atoms with Crippen molar-refractivity contribution in [2.75, 3.05) is 39.5 Å². The lowest BCUT2D eigenvalue weighted by Crippen LogP contribution is -2.38. The van der Waals surface area contributed by atoms with Gasteiger partial charge in [0, 0.05) is 50.3 Å². The van der Waals surface area contributed by atoms with Gasteiger partial charge in [0.25, 0.3) is 0 Å². The fourth-order valence-electron chi connectivity index (χ4n) is 3.79. The lowest BCUT2D eigenvalue weighted by molar-refractivity contribution is 0.0183. The first-order valence-corrected chi connectivity index (χ1v) is 12.3. The van der Waals surface area contributed by atoms with Crippen LogP contribution in [0, 0.1) is 0 Å². The molecule has 0 amide bonds. The number of fused-ring (bicyclic) bond motifs is 5. The smallest absolute Gasteiger partial charge is 0.0810 e. The molecule has 164 valence electrons. The third-order valence-electron chi connectivity index (χ3n) is 5.35. The fraction of sp³-hybridized carbons (Fsp3) is 0.304. The van der Waals surface area contributed by atoms with Crippen LogP contribution in [-0.2, 0) is 16.1 Å². The van der Waals surface area contributed by atoms with Gasteiger partial charge in [-0.25, -0.2) is 0 Å². The Morgan fingerprint density at radius 2 is 1.71 bits per heavy atom. The standard InChI is InChI=1S/C23H21Cl2NO2S2.ClH/c24-19-12-18-22(13-20(19)25)30-21-4-2-1-3-16(21)17-11-15(29-23(17)18)14-28-10-7-26-5-8-27-9-6-26;/h1-4,11-13H,5-10,14H2;1H. The molecule has 0 aliphatic carbocycles. The van der Waals surface area contributed by atoms with E-state index in [0.717, 1.165) is 49.9 Å². The van der Waals surface area contributed by atoms with Crippen molar-refractivity contribution in [3.8, 4) is 21.6 Å². The molecule has 31 heavy (non-hydrogen) atoms. The number of hydrogen-bond donors (Lipinski definition) is 0. The van der Waals surface area contributed by atoms with Gasteiger partial charge in [-0.2, -0.15) is 0 Å². The zero-order valence-corrected chi connectivity index (χ0v) is 20.7. The highest BCUT2D eigenvalue weighted by atomic mass is 35.5. The maximum absolute atomic E-state index is 6.38.